The fourth-order valence-electron chi connectivity index (χ4n) is 2.50. The average molecular weight is 402 g/mol. The summed E-state index contributed by atoms with van der Waals surface area (Å²) in [6, 6.07) is 13.0. The minimum Gasteiger partial charge on any atom is -0.496 e. The molecule has 3 aromatic rings. The molecule has 0 aliphatic heterocycles. The van der Waals surface area contributed by atoms with Crippen molar-refractivity contribution in [1.29, 1.82) is 0 Å². The Bertz CT molecular complexity index is 1110. The minimum atomic E-state index is -3.98. The second-order valence-electron chi connectivity index (χ2n) is 5.87. The molecule has 8 nitrogen and oxygen atoms in total. The van der Waals surface area contributed by atoms with Crippen molar-refractivity contribution < 1.29 is 27.1 Å². The predicted octanol–water partition coefficient (Wildman–Crippen LogP) is 2.66. The summed E-state index contributed by atoms with van der Waals surface area (Å²) >= 11 is 0. The largest absolute Gasteiger partial charge is 0.496 e. The van der Waals surface area contributed by atoms with Crippen LogP contribution in [0.3, 0.4) is 0 Å². The van der Waals surface area contributed by atoms with E-state index in [4.69, 9.17) is 19.0 Å². The van der Waals surface area contributed by atoms with E-state index in [-0.39, 0.29) is 22.8 Å². The predicted molar refractivity (Wildman–Crippen MR) is 100 cm³/mol. The summed E-state index contributed by atoms with van der Waals surface area (Å²) in [5.74, 6) is 0.320. The van der Waals surface area contributed by atoms with E-state index in [2.05, 4.69) is 4.98 Å². The highest BCUT2D eigenvalue weighted by atomic mass is 32.2. The Morgan fingerprint density at radius 2 is 1.89 bits per heavy atom. The first-order valence-corrected chi connectivity index (χ1v) is 9.74. The number of methoxy groups -OCH3 is 1. The van der Waals surface area contributed by atoms with Crippen LogP contribution in [0.2, 0.25) is 0 Å². The van der Waals surface area contributed by atoms with Crippen molar-refractivity contribution in [2.75, 3.05) is 7.11 Å². The number of hydrogen-bond donors (Lipinski definition) is 1. The molecule has 3 rings (SSSR count). The van der Waals surface area contributed by atoms with Crippen LogP contribution >= 0.6 is 0 Å². The molecule has 146 valence electrons. The molecular formula is C19H18N2O6S. The highest BCUT2D eigenvalue weighted by Gasteiger charge is 2.20. The molecule has 1 aromatic heterocycles. The fourth-order valence-corrected chi connectivity index (χ4v) is 3.04. The van der Waals surface area contributed by atoms with Gasteiger partial charge in [-0.15, -0.1) is 0 Å². The summed E-state index contributed by atoms with van der Waals surface area (Å²) in [6.45, 7) is 1.56. The number of oxazole rings is 1. The molecule has 0 radical (unpaired) electrons. The maximum atomic E-state index is 12.5. The van der Waals surface area contributed by atoms with Gasteiger partial charge >= 0.3 is 5.97 Å². The van der Waals surface area contributed by atoms with Gasteiger partial charge in [0.05, 0.1) is 12.0 Å². The molecule has 0 saturated carbocycles. The Labute approximate surface area is 162 Å². The van der Waals surface area contributed by atoms with Gasteiger partial charge < -0.3 is 13.9 Å². The standard InChI is InChI=1S/C19H18N2O6S/c1-12-16(21-18(27-12)13-6-4-3-5-7-13)11-26-19(22)15-10-14(28(20,23)24)8-9-17(15)25-2/h3-10H,11H2,1-2H3,(H2,20,23,24). The molecule has 0 aliphatic rings. The third kappa shape index (κ3) is 4.21. The maximum absolute atomic E-state index is 12.5. The summed E-state index contributed by atoms with van der Waals surface area (Å²) in [5, 5.41) is 5.12. The molecule has 0 amide bonds. The van der Waals surface area contributed by atoms with E-state index in [0.717, 1.165) is 11.6 Å². The molecule has 2 N–H and O–H groups in total. The zero-order valence-electron chi connectivity index (χ0n) is 15.2. The van der Waals surface area contributed by atoms with Gasteiger partial charge in [0.1, 0.15) is 29.4 Å². The second kappa shape index (κ2) is 7.83. The molecule has 2 aromatic carbocycles. The first-order valence-electron chi connectivity index (χ1n) is 8.19. The number of nitrogens with two attached hydrogens (primary N) is 1. The van der Waals surface area contributed by atoms with Gasteiger partial charge in [0.25, 0.3) is 0 Å². The number of aromatic nitrogens is 1. The lowest BCUT2D eigenvalue weighted by Crippen LogP contribution is -2.14. The quantitative estimate of drug-likeness (QED) is 0.629. The van der Waals surface area contributed by atoms with Gasteiger partial charge in [-0.3, -0.25) is 0 Å². The zero-order chi connectivity index (χ0) is 20.3. The zero-order valence-corrected chi connectivity index (χ0v) is 16.0. The average Bonchev–Trinajstić information content (AvgIpc) is 3.06. The van der Waals surface area contributed by atoms with E-state index in [1.165, 1.54) is 19.2 Å². The van der Waals surface area contributed by atoms with Crippen LogP contribution < -0.4 is 9.88 Å². The number of nitrogens with zero attached hydrogens (tertiary/aromatic N) is 1. The van der Waals surface area contributed by atoms with Crippen LogP contribution in [0.15, 0.2) is 57.8 Å². The van der Waals surface area contributed by atoms with Crippen LogP contribution in [0.4, 0.5) is 0 Å². The molecule has 0 saturated heterocycles. The first kappa shape index (κ1) is 19.6. The number of sulfonamides is 1. The number of rotatable bonds is 6. The van der Waals surface area contributed by atoms with E-state index >= 15 is 0 Å². The van der Waals surface area contributed by atoms with Crippen molar-refractivity contribution in [3.8, 4) is 17.2 Å². The van der Waals surface area contributed by atoms with Crippen LogP contribution in [-0.2, 0) is 21.4 Å². The summed E-state index contributed by atoms with van der Waals surface area (Å²) in [6.07, 6.45) is 0. The molecule has 9 heteroatoms. The molecule has 0 spiro atoms. The summed E-state index contributed by atoms with van der Waals surface area (Å²) < 4.78 is 39.1. The van der Waals surface area contributed by atoms with Gasteiger partial charge in [0, 0.05) is 5.56 Å². The highest BCUT2D eigenvalue weighted by Crippen LogP contribution is 2.25. The van der Waals surface area contributed by atoms with Crippen LogP contribution in [0.5, 0.6) is 5.75 Å². The molecule has 0 atom stereocenters. The van der Waals surface area contributed by atoms with Crippen LogP contribution in [-0.4, -0.2) is 26.5 Å². The SMILES string of the molecule is COc1ccc(S(N)(=O)=O)cc1C(=O)OCc1nc(-c2ccccc2)oc1C. The van der Waals surface area contributed by atoms with Crippen molar-refractivity contribution in [3.05, 3.63) is 65.5 Å². The topological polar surface area (TPSA) is 122 Å². The first-order chi connectivity index (χ1) is 13.3. The van der Waals surface area contributed by atoms with Crippen molar-refractivity contribution >= 4 is 16.0 Å². The van der Waals surface area contributed by atoms with Crippen LogP contribution in [0.25, 0.3) is 11.5 Å². The van der Waals surface area contributed by atoms with E-state index in [9.17, 15) is 13.2 Å². The Hall–Kier alpha value is -3.17. The molecule has 0 unspecified atom stereocenters. The number of carbonyl (C=O) groups is 1. The Kier molecular flexibility index (Phi) is 5.48. The molecule has 1 heterocycles. The molecule has 28 heavy (non-hydrogen) atoms. The lowest BCUT2D eigenvalue weighted by molar-refractivity contribution is 0.0463. The number of carbonyl (C=O) groups excluding carboxylic acids is 1. The van der Waals surface area contributed by atoms with E-state index in [1.54, 1.807) is 6.92 Å². The maximum Gasteiger partial charge on any atom is 0.342 e. The van der Waals surface area contributed by atoms with Gasteiger partial charge in [-0.1, -0.05) is 18.2 Å². The van der Waals surface area contributed by atoms with Crippen molar-refractivity contribution in [2.24, 2.45) is 5.14 Å². The smallest absolute Gasteiger partial charge is 0.342 e. The number of primary sulfonamides is 1. The van der Waals surface area contributed by atoms with Gasteiger partial charge in [-0.2, -0.15) is 0 Å². The van der Waals surface area contributed by atoms with Gasteiger partial charge in [-0.25, -0.2) is 23.3 Å². The Morgan fingerprint density at radius 1 is 1.18 bits per heavy atom. The van der Waals surface area contributed by atoms with Gasteiger partial charge in [0.2, 0.25) is 15.9 Å². The lowest BCUT2D eigenvalue weighted by Gasteiger charge is -2.09. The minimum absolute atomic E-state index is 0.0570. The normalized spacial score (nSPS) is 11.2. The molecular weight excluding hydrogens is 384 g/mol. The molecule has 0 aliphatic carbocycles. The van der Waals surface area contributed by atoms with E-state index in [0.29, 0.717) is 17.3 Å². The van der Waals surface area contributed by atoms with Crippen molar-refractivity contribution in [3.63, 3.8) is 0 Å². The van der Waals surface area contributed by atoms with E-state index in [1.807, 2.05) is 30.3 Å². The number of hydrogen-bond acceptors (Lipinski definition) is 7. The monoisotopic (exact) mass is 402 g/mol. The van der Waals surface area contributed by atoms with Gasteiger partial charge in [-0.05, 0) is 37.3 Å². The van der Waals surface area contributed by atoms with Crippen molar-refractivity contribution in [2.45, 2.75) is 18.4 Å². The second-order valence-corrected chi connectivity index (χ2v) is 7.43. The molecule has 0 fully saturated rings. The number of aryl methyl sites for hydroxylation is 1. The van der Waals surface area contributed by atoms with Crippen LogP contribution in [0, 0.1) is 6.92 Å². The summed E-state index contributed by atoms with van der Waals surface area (Å²) in [5.41, 5.74) is 1.19. The summed E-state index contributed by atoms with van der Waals surface area (Å²) in [7, 11) is -2.62. The molecule has 0 bridgehead atoms. The van der Waals surface area contributed by atoms with E-state index < -0.39 is 16.0 Å². The fraction of sp³-hybridized carbons (Fsp3) is 0.158. The number of benzene rings is 2. The third-order valence-electron chi connectivity index (χ3n) is 3.97. The third-order valence-corrected chi connectivity index (χ3v) is 4.88. The number of esters is 1. The Balaban J connectivity index is 1.80. The van der Waals surface area contributed by atoms with Gasteiger partial charge in [0.15, 0.2) is 0 Å². The number of ether oxygens (including phenoxy) is 2. The Morgan fingerprint density at radius 3 is 2.54 bits per heavy atom. The highest BCUT2D eigenvalue weighted by molar-refractivity contribution is 7.89. The van der Waals surface area contributed by atoms with Crippen molar-refractivity contribution in [1.82, 2.24) is 4.98 Å². The lowest BCUT2D eigenvalue weighted by atomic mass is 10.2. The van der Waals surface area contributed by atoms with Crippen LogP contribution in [0.1, 0.15) is 21.8 Å². The summed E-state index contributed by atoms with van der Waals surface area (Å²) in [4.78, 5) is 16.6.